The Labute approximate surface area is 154 Å². The first-order valence-electron chi connectivity index (χ1n) is 10.0. The van der Waals surface area contributed by atoms with Gasteiger partial charge in [0.25, 0.3) is 0 Å². The maximum atomic E-state index is 12.1. The van der Waals surface area contributed by atoms with Crippen LogP contribution in [-0.4, -0.2) is 43.4 Å². The molecule has 1 aromatic rings. The van der Waals surface area contributed by atoms with Crippen LogP contribution in [0.3, 0.4) is 0 Å². The van der Waals surface area contributed by atoms with Gasteiger partial charge in [-0.25, -0.2) is 0 Å². The van der Waals surface area contributed by atoms with Gasteiger partial charge in [0.05, 0.1) is 0 Å². The number of carbonyl (C=O) groups excluding carboxylic acids is 1. The van der Waals surface area contributed by atoms with Crippen LogP contribution < -0.4 is 4.90 Å². The molecule has 1 heterocycles. The van der Waals surface area contributed by atoms with Crippen molar-refractivity contribution in [3.63, 3.8) is 0 Å². The summed E-state index contributed by atoms with van der Waals surface area (Å²) in [4.78, 5) is 17.2. The van der Waals surface area contributed by atoms with Crippen molar-refractivity contribution in [2.45, 2.75) is 53.4 Å². The van der Waals surface area contributed by atoms with Gasteiger partial charge in [-0.1, -0.05) is 39.0 Å². The average molecular weight is 345 g/mol. The molecule has 1 aliphatic rings. The van der Waals surface area contributed by atoms with Gasteiger partial charge in [-0.3, -0.25) is 9.69 Å². The number of hydrogen-bond donors (Lipinski definition) is 0. The largest absolute Gasteiger partial charge is 0.369 e. The first-order chi connectivity index (χ1) is 12.0. The van der Waals surface area contributed by atoms with Crippen LogP contribution in [-0.2, 0) is 4.79 Å². The van der Waals surface area contributed by atoms with Gasteiger partial charge >= 0.3 is 0 Å². The topological polar surface area (TPSA) is 23.6 Å². The van der Waals surface area contributed by atoms with E-state index in [1.54, 1.807) is 6.92 Å². The zero-order valence-electron chi connectivity index (χ0n) is 16.6. The maximum Gasteiger partial charge on any atom is 0.135 e. The molecule has 0 N–H and O–H groups in total. The molecule has 0 aromatic heterocycles. The highest BCUT2D eigenvalue weighted by Gasteiger charge is 2.33. The second kappa shape index (κ2) is 9.38. The summed E-state index contributed by atoms with van der Waals surface area (Å²) in [5.74, 6) is 0.983. The minimum absolute atomic E-state index is 0.0918. The molecule has 140 valence electrons. The second-order valence-corrected chi connectivity index (χ2v) is 7.81. The van der Waals surface area contributed by atoms with Crippen molar-refractivity contribution < 1.29 is 4.79 Å². The van der Waals surface area contributed by atoms with Gasteiger partial charge in [0.2, 0.25) is 0 Å². The van der Waals surface area contributed by atoms with Crippen LogP contribution in [0.15, 0.2) is 30.3 Å². The van der Waals surface area contributed by atoms with E-state index in [9.17, 15) is 4.79 Å². The van der Waals surface area contributed by atoms with Crippen LogP contribution in [0.2, 0.25) is 0 Å². The number of anilines is 1. The number of nitrogens with zero attached hydrogens (tertiary/aromatic N) is 2. The molecule has 1 unspecified atom stereocenters. The fraction of sp³-hybridized carbons (Fsp3) is 0.682. The number of rotatable bonds is 9. The van der Waals surface area contributed by atoms with Crippen LogP contribution in [0.5, 0.6) is 0 Å². The molecule has 1 aliphatic heterocycles. The van der Waals surface area contributed by atoms with Gasteiger partial charge in [0.15, 0.2) is 0 Å². The zero-order chi connectivity index (χ0) is 18.3. The first-order valence-corrected chi connectivity index (χ1v) is 10.0. The smallest absolute Gasteiger partial charge is 0.135 e. The third kappa shape index (κ3) is 5.31. The van der Waals surface area contributed by atoms with Crippen molar-refractivity contribution in [3.8, 4) is 0 Å². The zero-order valence-corrected chi connectivity index (χ0v) is 16.6. The van der Waals surface area contributed by atoms with E-state index in [4.69, 9.17) is 0 Å². The van der Waals surface area contributed by atoms with Crippen molar-refractivity contribution in [1.82, 2.24) is 4.90 Å². The van der Waals surface area contributed by atoms with Gasteiger partial charge in [0.1, 0.15) is 5.78 Å². The van der Waals surface area contributed by atoms with E-state index in [-0.39, 0.29) is 5.41 Å². The molecule has 1 saturated heterocycles. The molecule has 1 fully saturated rings. The average Bonchev–Trinajstić information content (AvgIpc) is 2.65. The molecule has 25 heavy (non-hydrogen) atoms. The van der Waals surface area contributed by atoms with Crippen LogP contribution in [0.4, 0.5) is 5.69 Å². The van der Waals surface area contributed by atoms with Crippen LogP contribution in [0, 0.1) is 11.3 Å². The molecule has 3 heteroatoms. The van der Waals surface area contributed by atoms with Crippen LogP contribution in [0.1, 0.15) is 53.4 Å². The molecule has 1 atom stereocenters. The van der Waals surface area contributed by atoms with E-state index in [0.29, 0.717) is 11.7 Å². The highest BCUT2D eigenvalue weighted by Crippen LogP contribution is 2.36. The number of piperazine rings is 1. The van der Waals surface area contributed by atoms with Gasteiger partial charge in [-0.15, -0.1) is 0 Å². The van der Waals surface area contributed by atoms with Gasteiger partial charge in [-0.2, -0.15) is 0 Å². The Balaban J connectivity index is 1.76. The molecule has 0 radical (unpaired) electrons. The number of para-hydroxylation sites is 1. The van der Waals surface area contributed by atoms with Crippen LogP contribution >= 0.6 is 0 Å². The lowest BCUT2D eigenvalue weighted by atomic mass is 9.72. The Morgan fingerprint density at radius 2 is 1.68 bits per heavy atom. The number of Topliss-reactive ketones (excluding diaryl/α,β-unsaturated/α-hetero) is 1. The normalized spacial score (nSPS) is 17.5. The van der Waals surface area contributed by atoms with Gasteiger partial charge < -0.3 is 4.90 Å². The highest BCUT2D eigenvalue weighted by atomic mass is 16.1. The number of carbonyl (C=O) groups is 1. The summed E-state index contributed by atoms with van der Waals surface area (Å²) >= 11 is 0. The van der Waals surface area contributed by atoms with Crippen molar-refractivity contribution in [2.75, 3.05) is 37.6 Å². The summed E-state index contributed by atoms with van der Waals surface area (Å²) in [6, 6.07) is 10.7. The fourth-order valence-electron chi connectivity index (χ4n) is 4.22. The van der Waals surface area contributed by atoms with E-state index < -0.39 is 0 Å². The summed E-state index contributed by atoms with van der Waals surface area (Å²) in [6.45, 7) is 14.1. The van der Waals surface area contributed by atoms with Crippen LogP contribution in [0.25, 0.3) is 0 Å². The molecule has 0 spiro atoms. The Morgan fingerprint density at radius 3 is 2.20 bits per heavy atom. The van der Waals surface area contributed by atoms with E-state index >= 15 is 0 Å². The standard InChI is InChI=1S/C22H36N2O/c1-5-22(6-2,20(4)25)18-19(3)12-13-23-14-16-24(17-15-23)21-10-8-7-9-11-21/h7-11,19H,5-6,12-18H2,1-4H3. The molecule has 3 nitrogen and oxygen atoms in total. The number of ketones is 1. The Bertz CT molecular complexity index is 516. The highest BCUT2D eigenvalue weighted by molar-refractivity contribution is 5.82. The fourth-order valence-corrected chi connectivity index (χ4v) is 4.22. The van der Waals surface area contributed by atoms with Gasteiger partial charge in [-0.05, 0) is 57.2 Å². The molecule has 2 rings (SSSR count). The van der Waals surface area contributed by atoms with E-state index in [0.717, 1.165) is 52.0 Å². The van der Waals surface area contributed by atoms with Gasteiger partial charge in [0, 0.05) is 37.3 Å². The van der Waals surface area contributed by atoms with Crippen molar-refractivity contribution >= 4 is 11.5 Å². The minimum atomic E-state index is -0.0918. The lowest BCUT2D eigenvalue weighted by Gasteiger charge is -2.37. The summed E-state index contributed by atoms with van der Waals surface area (Å²) in [5, 5.41) is 0. The number of benzene rings is 1. The SMILES string of the molecule is CCC(CC)(CC(C)CCN1CCN(c2ccccc2)CC1)C(C)=O. The maximum absolute atomic E-state index is 12.1. The van der Waals surface area contributed by atoms with E-state index in [1.165, 1.54) is 12.1 Å². The Morgan fingerprint density at radius 1 is 1.08 bits per heavy atom. The predicted molar refractivity (Wildman–Crippen MR) is 107 cm³/mol. The monoisotopic (exact) mass is 344 g/mol. The second-order valence-electron chi connectivity index (χ2n) is 7.81. The van der Waals surface area contributed by atoms with E-state index in [1.807, 2.05) is 0 Å². The molecule has 0 amide bonds. The molecule has 0 aliphatic carbocycles. The molecular formula is C22H36N2O. The lowest BCUT2D eigenvalue weighted by molar-refractivity contribution is -0.128. The molecule has 0 saturated carbocycles. The molecule has 1 aromatic carbocycles. The lowest BCUT2D eigenvalue weighted by Crippen LogP contribution is -2.46. The summed E-state index contributed by atoms with van der Waals surface area (Å²) in [5.41, 5.74) is 1.25. The van der Waals surface area contributed by atoms with E-state index in [2.05, 4.69) is 60.9 Å². The molecular weight excluding hydrogens is 308 g/mol. The van der Waals surface area contributed by atoms with Crippen molar-refractivity contribution in [3.05, 3.63) is 30.3 Å². The summed E-state index contributed by atoms with van der Waals surface area (Å²) in [6.07, 6.45) is 4.18. The third-order valence-electron chi connectivity index (χ3n) is 6.27. The summed E-state index contributed by atoms with van der Waals surface area (Å²) < 4.78 is 0. The summed E-state index contributed by atoms with van der Waals surface area (Å²) in [7, 11) is 0. The Kier molecular flexibility index (Phi) is 7.49. The quantitative estimate of drug-likeness (QED) is 0.653. The molecule has 0 bridgehead atoms. The first kappa shape index (κ1) is 20.0. The number of hydrogen-bond acceptors (Lipinski definition) is 3. The van der Waals surface area contributed by atoms with Crippen molar-refractivity contribution in [2.24, 2.45) is 11.3 Å². The third-order valence-corrected chi connectivity index (χ3v) is 6.27. The van der Waals surface area contributed by atoms with Crippen molar-refractivity contribution in [1.29, 1.82) is 0 Å². The predicted octanol–water partition coefficient (Wildman–Crippen LogP) is 4.62. The minimum Gasteiger partial charge on any atom is -0.369 e. The Hall–Kier alpha value is -1.35.